The van der Waals surface area contributed by atoms with Gasteiger partial charge in [-0.3, -0.25) is 0 Å². The SMILES string of the molecule is c1cc(CNC2CCOC2)c2nsnc2c1. The van der Waals surface area contributed by atoms with Crippen molar-refractivity contribution in [2.24, 2.45) is 0 Å². The van der Waals surface area contributed by atoms with Crippen molar-refractivity contribution in [3.05, 3.63) is 23.8 Å². The second-order valence-electron chi connectivity index (χ2n) is 3.99. The zero-order valence-corrected chi connectivity index (χ0v) is 9.67. The minimum absolute atomic E-state index is 0.488. The molecule has 1 aromatic carbocycles. The van der Waals surface area contributed by atoms with Crippen LogP contribution in [0.25, 0.3) is 11.0 Å². The molecule has 4 nitrogen and oxygen atoms in total. The van der Waals surface area contributed by atoms with E-state index in [9.17, 15) is 0 Å². The molecule has 1 aliphatic heterocycles. The van der Waals surface area contributed by atoms with Crippen LogP contribution in [-0.4, -0.2) is 28.0 Å². The van der Waals surface area contributed by atoms with Crippen LogP contribution in [0.2, 0.25) is 0 Å². The molecule has 5 heteroatoms. The first-order valence-electron chi connectivity index (χ1n) is 5.45. The fourth-order valence-electron chi connectivity index (χ4n) is 1.95. The topological polar surface area (TPSA) is 47.0 Å². The molecule has 1 aromatic heterocycles. The van der Waals surface area contributed by atoms with Crippen LogP contribution in [0.3, 0.4) is 0 Å². The molecule has 1 unspecified atom stereocenters. The highest BCUT2D eigenvalue weighted by molar-refractivity contribution is 7.00. The van der Waals surface area contributed by atoms with Gasteiger partial charge in [0.15, 0.2) is 0 Å². The molecule has 1 saturated heterocycles. The predicted molar refractivity (Wildman–Crippen MR) is 63.5 cm³/mol. The maximum absolute atomic E-state index is 5.33. The standard InChI is InChI=1S/C11H13N3OS/c1-2-8(6-12-9-4-5-15-7-9)11-10(3-1)13-16-14-11/h1-3,9,12H,4-7H2. The van der Waals surface area contributed by atoms with Gasteiger partial charge in [0.25, 0.3) is 0 Å². The van der Waals surface area contributed by atoms with E-state index >= 15 is 0 Å². The summed E-state index contributed by atoms with van der Waals surface area (Å²) < 4.78 is 13.9. The quantitative estimate of drug-likeness (QED) is 0.877. The van der Waals surface area contributed by atoms with Gasteiger partial charge in [-0.25, -0.2) is 0 Å². The Morgan fingerprint density at radius 1 is 1.44 bits per heavy atom. The largest absolute Gasteiger partial charge is 0.380 e. The number of benzene rings is 1. The van der Waals surface area contributed by atoms with E-state index in [2.05, 4.69) is 20.1 Å². The summed E-state index contributed by atoms with van der Waals surface area (Å²) in [4.78, 5) is 0. The van der Waals surface area contributed by atoms with Gasteiger partial charge in [0.1, 0.15) is 11.0 Å². The van der Waals surface area contributed by atoms with Crippen LogP contribution in [0.15, 0.2) is 18.2 Å². The van der Waals surface area contributed by atoms with Crippen LogP contribution < -0.4 is 5.32 Å². The lowest BCUT2D eigenvalue weighted by molar-refractivity contribution is 0.190. The Kier molecular flexibility index (Phi) is 2.82. The highest BCUT2D eigenvalue weighted by atomic mass is 32.1. The number of rotatable bonds is 3. The number of aromatic nitrogens is 2. The zero-order valence-electron chi connectivity index (χ0n) is 8.85. The van der Waals surface area contributed by atoms with E-state index in [1.54, 1.807) is 0 Å². The summed E-state index contributed by atoms with van der Waals surface area (Å²) in [6.07, 6.45) is 1.10. The molecule has 0 aliphatic carbocycles. The van der Waals surface area contributed by atoms with Gasteiger partial charge in [0, 0.05) is 19.2 Å². The van der Waals surface area contributed by atoms with Gasteiger partial charge < -0.3 is 10.1 Å². The minimum Gasteiger partial charge on any atom is -0.380 e. The first-order valence-corrected chi connectivity index (χ1v) is 6.18. The number of ether oxygens (including phenoxy) is 1. The summed E-state index contributed by atoms with van der Waals surface area (Å²) in [5.74, 6) is 0. The highest BCUT2D eigenvalue weighted by Gasteiger charge is 2.15. The van der Waals surface area contributed by atoms with Crippen LogP contribution in [0.1, 0.15) is 12.0 Å². The van der Waals surface area contributed by atoms with Crippen LogP contribution in [0.4, 0.5) is 0 Å². The molecular formula is C11H13N3OS. The van der Waals surface area contributed by atoms with Gasteiger partial charge in [-0.05, 0) is 18.1 Å². The van der Waals surface area contributed by atoms with Crippen molar-refractivity contribution < 1.29 is 4.74 Å². The van der Waals surface area contributed by atoms with Crippen molar-refractivity contribution in [1.29, 1.82) is 0 Å². The summed E-state index contributed by atoms with van der Waals surface area (Å²) >= 11 is 1.27. The second-order valence-corrected chi connectivity index (χ2v) is 4.52. The molecule has 1 aliphatic rings. The number of hydrogen-bond acceptors (Lipinski definition) is 5. The Morgan fingerprint density at radius 3 is 3.31 bits per heavy atom. The summed E-state index contributed by atoms with van der Waals surface area (Å²) in [5.41, 5.74) is 3.24. The third kappa shape index (κ3) is 1.93. The van der Waals surface area contributed by atoms with Crippen molar-refractivity contribution >= 4 is 22.8 Å². The number of hydrogen-bond donors (Lipinski definition) is 1. The monoisotopic (exact) mass is 235 g/mol. The van der Waals surface area contributed by atoms with Crippen LogP contribution in [-0.2, 0) is 11.3 Å². The number of fused-ring (bicyclic) bond motifs is 1. The maximum Gasteiger partial charge on any atom is 0.109 e. The number of nitrogens with one attached hydrogen (secondary N) is 1. The van der Waals surface area contributed by atoms with E-state index in [0.717, 1.165) is 37.2 Å². The lowest BCUT2D eigenvalue weighted by Gasteiger charge is -2.10. The third-order valence-corrected chi connectivity index (χ3v) is 3.42. The van der Waals surface area contributed by atoms with Crippen molar-refractivity contribution in [2.75, 3.05) is 13.2 Å². The molecule has 0 saturated carbocycles. The Hall–Kier alpha value is -1.04. The zero-order chi connectivity index (χ0) is 10.8. The lowest BCUT2D eigenvalue weighted by atomic mass is 10.1. The summed E-state index contributed by atoms with van der Waals surface area (Å²) in [6, 6.07) is 6.63. The van der Waals surface area contributed by atoms with Crippen molar-refractivity contribution in [3.63, 3.8) is 0 Å². The molecule has 0 radical (unpaired) electrons. The molecule has 1 N–H and O–H groups in total. The first kappa shape index (κ1) is 10.1. The molecule has 2 heterocycles. The molecule has 1 atom stereocenters. The van der Waals surface area contributed by atoms with Gasteiger partial charge in [-0.15, -0.1) is 0 Å². The van der Waals surface area contributed by atoms with E-state index in [4.69, 9.17) is 4.74 Å². The fraction of sp³-hybridized carbons (Fsp3) is 0.455. The predicted octanol–water partition coefficient (Wildman–Crippen LogP) is 1.57. The number of nitrogens with zero attached hydrogens (tertiary/aromatic N) is 2. The molecular weight excluding hydrogens is 222 g/mol. The molecule has 0 spiro atoms. The molecule has 1 fully saturated rings. The van der Waals surface area contributed by atoms with Gasteiger partial charge in [0.2, 0.25) is 0 Å². The maximum atomic E-state index is 5.33. The van der Waals surface area contributed by atoms with E-state index < -0.39 is 0 Å². The normalized spacial score (nSPS) is 20.6. The van der Waals surface area contributed by atoms with E-state index in [1.165, 1.54) is 17.3 Å². The molecule has 84 valence electrons. The Labute approximate surface area is 98.0 Å². The van der Waals surface area contributed by atoms with Crippen LogP contribution in [0, 0.1) is 0 Å². The van der Waals surface area contributed by atoms with Crippen LogP contribution in [0.5, 0.6) is 0 Å². The van der Waals surface area contributed by atoms with Gasteiger partial charge in [-0.1, -0.05) is 12.1 Å². The van der Waals surface area contributed by atoms with Crippen molar-refractivity contribution in [2.45, 2.75) is 19.0 Å². The van der Waals surface area contributed by atoms with Crippen LogP contribution >= 0.6 is 11.7 Å². The summed E-state index contributed by atoms with van der Waals surface area (Å²) in [7, 11) is 0. The van der Waals surface area contributed by atoms with Crippen molar-refractivity contribution in [1.82, 2.24) is 14.1 Å². The highest BCUT2D eigenvalue weighted by Crippen LogP contribution is 2.16. The molecule has 3 rings (SSSR count). The fourth-order valence-corrected chi connectivity index (χ4v) is 2.52. The Morgan fingerprint density at radius 2 is 2.44 bits per heavy atom. The molecule has 2 aromatic rings. The van der Waals surface area contributed by atoms with E-state index in [-0.39, 0.29) is 0 Å². The van der Waals surface area contributed by atoms with E-state index in [0.29, 0.717) is 6.04 Å². The summed E-state index contributed by atoms with van der Waals surface area (Å²) in [6.45, 7) is 2.54. The average Bonchev–Trinajstić information content (AvgIpc) is 2.97. The Balaban J connectivity index is 1.75. The smallest absolute Gasteiger partial charge is 0.109 e. The van der Waals surface area contributed by atoms with Gasteiger partial charge in [-0.2, -0.15) is 8.75 Å². The van der Waals surface area contributed by atoms with Gasteiger partial charge in [0.05, 0.1) is 18.3 Å². The third-order valence-electron chi connectivity index (χ3n) is 2.88. The minimum atomic E-state index is 0.488. The summed E-state index contributed by atoms with van der Waals surface area (Å²) in [5, 5.41) is 3.49. The molecule has 16 heavy (non-hydrogen) atoms. The Bertz CT molecular complexity index is 479. The molecule has 0 bridgehead atoms. The second kappa shape index (κ2) is 4.45. The first-order chi connectivity index (χ1) is 7.93. The van der Waals surface area contributed by atoms with E-state index in [1.807, 2.05) is 12.1 Å². The lowest BCUT2D eigenvalue weighted by Crippen LogP contribution is -2.28. The molecule has 0 amide bonds. The van der Waals surface area contributed by atoms with Crippen molar-refractivity contribution in [3.8, 4) is 0 Å². The van der Waals surface area contributed by atoms with Gasteiger partial charge >= 0.3 is 0 Å². The average molecular weight is 235 g/mol.